The number of methoxy groups -OCH3 is 1. The van der Waals surface area contributed by atoms with Gasteiger partial charge in [0.2, 0.25) is 0 Å². The number of hydrogen-bond donors (Lipinski definition) is 3. The molecule has 2 amide bonds. The van der Waals surface area contributed by atoms with Crippen molar-refractivity contribution in [3.8, 4) is 11.1 Å². The smallest absolute Gasteiger partial charge is 0.411 e. The maximum atomic E-state index is 12.7. The monoisotopic (exact) mass is 478 g/mol. The number of carboxylic acids is 1. The van der Waals surface area contributed by atoms with Gasteiger partial charge in [-0.25, -0.2) is 4.79 Å². The van der Waals surface area contributed by atoms with Crippen molar-refractivity contribution < 1.29 is 29.0 Å². The van der Waals surface area contributed by atoms with Crippen molar-refractivity contribution in [1.82, 2.24) is 15.1 Å². The van der Waals surface area contributed by atoms with Crippen LogP contribution in [-0.2, 0) is 21.3 Å². The first-order valence-corrected chi connectivity index (χ1v) is 11.1. The number of aromatic nitrogens is 2. The second-order valence-electron chi connectivity index (χ2n) is 8.15. The molecular weight excluding hydrogens is 452 g/mol. The highest BCUT2D eigenvalue weighted by Gasteiger charge is 2.29. The number of aliphatic carboxylic acids is 1. The summed E-state index contributed by atoms with van der Waals surface area (Å²) in [6.45, 7) is 0.115. The van der Waals surface area contributed by atoms with Crippen LogP contribution in [0.3, 0.4) is 0 Å². The molecule has 10 nitrogen and oxygen atoms in total. The number of fused-ring (bicyclic) bond motifs is 3. The van der Waals surface area contributed by atoms with Crippen molar-refractivity contribution in [3.05, 3.63) is 71.5 Å². The zero-order valence-corrected chi connectivity index (χ0v) is 19.4. The lowest BCUT2D eigenvalue weighted by molar-refractivity contribution is -0.139. The van der Waals surface area contributed by atoms with E-state index < -0.39 is 24.1 Å². The molecule has 0 saturated carbocycles. The molecule has 0 aliphatic heterocycles. The molecule has 1 aliphatic rings. The van der Waals surface area contributed by atoms with Crippen LogP contribution in [0.1, 0.15) is 34.0 Å². The first-order chi connectivity index (χ1) is 16.9. The summed E-state index contributed by atoms with van der Waals surface area (Å²) in [7, 11) is 2.93. The lowest BCUT2D eigenvalue weighted by Gasteiger charge is -2.16. The van der Waals surface area contributed by atoms with E-state index in [2.05, 4.69) is 27.9 Å². The fraction of sp³-hybridized carbons (Fsp3) is 0.280. The van der Waals surface area contributed by atoms with Crippen LogP contribution in [0.15, 0.2) is 54.7 Å². The van der Waals surface area contributed by atoms with Gasteiger partial charge in [-0.3, -0.25) is 19.6 Å². The summed E-state index contributed by atoms with van der Waals surface area (Å²) in [5, 5.41) is 18.2. The lowest BCUT2D eigenvalue weighted by atomic mass is 9.98. The number of carbonyl (C=O) groups is 3. The average Bonchev–Trinajstić information content (AvgIpc) is 3.37. The Morgan fingerprint density at radius 2 is 1.71 bits per heavy atom. The van der Waals surface area contributed by atoms with Gasteiger partial charge in [-0.05, 0) is 22.3 Å². The first-order valence-electron chi connectivity index (χ1n) is 11.1. The minimum Gasteiger partial charge on any atom is -0.481 e. The zero-order chi connectivity index (χ0) is 24.9. The predicted octanol–water partition coefficient (Wildman–Crippen LogP) is 3.00. The van der Waals surface area contributed by atoms with E-state index in [1.54, 1.807) is 7.05 Å². The molecule has 182 valence electrons. The molecule has 35 heavy (non-hydrogen) atoms. The zero-order valence-electron chi connectivity index (χ0n) is 19.4. The summed E-state index contributed by atoms with van der Waals surface area (Å²) in [4.78, 5) is 36.2. The second-order valence-corrected chi connectivity index (χ2v) is 8.15. The van der Waals surface area contributed by atoms with E-state index in [1.807, 2.05) is 36.4 Å². The molecule has 1 atom stereocenters. The highest BCUT2D eigenvalue weighted by molar-refractivity contribution is 6.01. The SMILES string of the molecule is COC(CNC(=O)c1c(NC(=O)OCC2c3ccccc3-c3ccccc32)cnn1C)CC(=O)O. The quantitative estimate of drug-likeness (QED) is 0.431. The third kappa shape index (κ3) is 5.17. The topological polar surface area (TPSA) is 132 Å². The molecule has 2 aromatic carbocycles. The van der Waals surface area contributed by atoms with Crippen LogP contribution in [-0.4, -0.2) is 59.2 Å². The Balaban J connectivity index is 1.40. The van der Waals surface area contributed by atoms with Crippen molar-refractivity contribution in [2.24, 2.45) is 7.05 Å². The number of amides is 2. The van der Waals surface area contributed by atoms with E-state index in [1.165, 1.54) is 18.0 Å². The molecule has 0 fully saturated rings. The number of nitrogens with zero attached hydrogens (tertiary/aromatic N) is 2. The fourth-order valence-electron chi connectivity index (χ4n) is 4.27. The van der Waals surface area contributed by atoms with Crippen molar-refractivity contribution in [3.63, 3.8) is 0 Å². The fourth-order valence-corrected chi connectivity index (χ4v) is 4.27. The Hall–Kier alpha value is -4.18. The largest absolute Gasteiger partial charge is 0.481 e. The molecule has 1 unspecified atom stereocenters. The van der Waals surface area contributed by atoms with E-state index in [9.17, 15) is 14.4 Å². The van der Waals surface area contributed by atoms with Crippen molar-refractivity contribution in [2.75, 3.05) is 25.6 Å². The third-order valence-corrected chi connectivity index (χ3v) is 5.96. The Morgan fingerprint density at radius 1 is 1.09 bits per heavy atom. The van der Waals surface area contributed by atoms with Gasteiger partial charge in [0.05, 0.1) is 24.4 Å². The Labute approximate surface area is 201 Å². The van der Waals surface area contributed by atoms with E-state index in [0.29, 0.717) is 0 Å². The van der Waals surface area contributed by atoms with Gasteiger partial charge in [0.15, 0.2) is 0 Å². The molecule has 3 aromatic rings. The van der Waals surface area contributed by atoms with Crippen LogP contribution < -0.4 is 10.6 Å². The van der Waals surface area contributed by atoms with Gasteiger partial charge in [0, 0.05) is 26.6 Å². The van der Waals surface area contributed by atoms with Crippen molar-refractivity contribution in [2.45, 2.75) is 18.4 Å². The van der Waals surface area contributed by atoms with Crippen LogP contribution in [0.4, 0.5) is 10.5 Å². The van der Waals surface area contributed by atoms with Gasteiger partial charge >= 0.3 is 12.1 Å². The number of carboxylic acid groups (broad SMARTS) is 1. The third-order valence-electron chi connectivity index (χ3n) is 5.96. The van der Waals surface area contributed by atoms with E-state index in [0.717, 1.165) is 22.3 Å². The van der Waals surface area contributed by atoms with Crippen LogP contribution in [0.5, 0.6) is 0 Å². The van der Waals surface area contributed by atoms with Crippen LogP contribution in [0.25, 0.3) is 11.1 Å². The van der Waals surface area contributed by atoms with E-state index in [4.69, 9.17) is 14.6 Å². The molecule has 10 heteroatoms. The molecule has 4 rings (SSSR count). The van der Waals surface area contributed by atoms with Gasteiger partial charge in [-0.15, -0.1) is 0 Å². The second kappa shape index (κ2) is 10.4. The molecule has 1 aliphatic carbocycles. The highest BCUT2D eigenvalue weighted by atomic mass is 16.5. The number of hydrogen-bond acceptors (Lipinski definition) is 6. The van der Waals surface area contributed by atoms with Crippen LogP contribution in [0, 0.1) is 0 Å². The van der Waals surface area contributed by atoms with Crippen LogP contribution in [0.2, 0.25) is 0 Å². The molecule has 0 radical (unpaired) electrons. The maximum Gasteiger partial charge on any atom is 0.411 e. The van der Waals surface area contributed by atoms with E-state index >= 15 is 0 Å². The summed E-state index contributed by atoms with van der Waals surface area (Å²) in [5.41, 5.74) is 4.72. The van der Waals surface area contributed by atoms with Gasteiger partial charge in [0.25, 0.3) is 5.91 Å². The molecule has 0 bridgehead atoms. The highest BCUT2D eigenvalue weighted by Crippen LogP contribution is 2.44. The first kappa shape index (κ1) is 24.0. The average molecular weight is 479 g/mol. The lowest BCUT2D eigenvalue weighted by Crippen LogP contribution is -2.35. The van der Waals surface area contributed by atoms with Crippen LogP contribution >= 0.6 is 0 Å². The summed E-state index contributed by atoms with van der Waals surface area (Å²) in [6, 6.07) is 16.1. The molecule has 0 saturated heterocycles. The summed E-state index contributed by atoms with van der Waals surface area (Å²) >= 11 is 0. The van der Waals surface area contributed by atoms with Crippen molar-refractivity contribution in [1.29, 1.82) is 0 Å². The number of benzene rings is 2. The number of nitrogens with one attached hydrogen (secondary N) is 2. The van der Waals surface area contributed by atoms with Gasteiger partial charge in [0.1, 0.15) is 12.3 Å². The Morgan fingerprint density at radius 3 is 2.31 bits per heavy atom. The number of carbonyl (C=O) groups excluding carboxylic acids is 2. The summed E-state index contributed by atoms with van der Waals surface area (Å²) in [5.74, 6) is -1.67. The number of rotatable bonds is 9. The van der Waals surface area contributed by atoms with Gasteiger partial charge < -0.3 is 19.9 Å². The minimum atomic E-state index is -1.04. The Bertz CT molecular complexity index is 1210. The summed E-state index contributed by atoms with van der Waals surface area (Å²) < 4.78 is 11.9. The standard InChI is InChI=1S/C25H26N4O6/c1-29-23(24(32)26-12-15(34-2)11-22(30)31)21(13-27-29)28-25(33)35-14-20-18-9-5-3-7-16(18)17-8-4-6-10-19(17)20/h3-10,13,15,20H,11-12,14H2,1-2H3,(H,26,32)(H,28,33)(H,30,31). The molecule has 0 spiro atoms. The number of aryl methyl sites for hydroxylation is 1. The molecule has 1 aromatic heterocycles. The minimum absolute atomic E-state index is 0.0167. The number of anilines is 1. The van der Waals surface area contributed by atoms with Gasteiger partial charge in [-0.1, -0.05) is 48.5 Å². The Kier molecular flexibility index (Phi) is 7.11. The van der Waals surface area contributed by atoms with Gasteiger partial charge in [-0.2, -0.15) is 5.10 Å². The normalized spacial score (nSPS) is 13.0. The molecule has 1 heterocycles. The van der Waals surface area contributed by atoms with E-state index in [-0.39, 0.29) is 36.9 Å². The molecule has 3 N–H and O–H groups in total. The summed E-state index contributed by atoms with van der Waals surface area (Å²) in [6.07, 6.45) is -0.313. The predicted molar refractivity (Wildman–Crippen MR) is 127 cm³/mol. The molecular formula is C25H26N4O6. The maximum absolute atomic E-state index is 12.7. The van der Waals surface area contributed by atoms with Crippen molar-refractivity contribution >= 4 is 23.7 Å². The number of ether oxygens (including phenoxy) is 2.